The van der Waals surface area contributed by atoms with E-state index in [2.05, 4.69) is 20.4 Å². The number of benzene rings is 1. The minimum absolute atomic E-state index is 0.283. The standard InChI is InChI=1S/C13H17FN6S/c1-3-20(4-2)12-16-11(19-15)17-13(18-12)21-10-7-5-6-9(14)8-10/h5-8H,3-4,15H2,1-2H3,(H,16,17,18,19). The van der Waals surface area contributed by atoms with Crippen LogP contribution in [0.3, 0.4) is 0 Å². The number of nitrogen functional groups attached to an aromatic ring is 1. The van der Waals surface area contributed by atoms with Gasteiger partial charge in [-0.25, -0.2) is 10.2 Å². The van der Waals surface area contributed by atoms with Gasteiger partial charge < -0.3 is 4.90 Å². The minimum Gasteiger partial charge on any atom is -0.341 e. The summed E-state index contributed by atoms with van der Waals surface area (Å²) in [5.74, 6) is 5.93. The van der Waals surface area contributed by atoms with E-state index in [0.717, 1.165) is 18.0 Å². The molecule has 0 saturated carbocycles. The monoisotopic (exact) mass is 308 g/mol. The van der Waals surface area contributed by atoms with Gasteiger partial charge in [-0.2, -0.15) is 15.0 Å². The predicted octanol–water partition coefficient (Wildman–Crippen LogP) is 2.29. The Kier molecular flexibility index (Phi) is 5.29. The average molecular weight is 308 g/mol. The quantitative estimate of drug-likeness (QED) is 0.626. The lowest BCUT2D eigenvalue weighted by molar-refractivity contribution is 0.624. The van der Waals surface area contributed by atoms with Crippen molar-refractivity contribution in [1.82, 2.24) is 15.0 Å². The second-order valence-electron chi connectivity index (χ2n) is 4.12. The van der Waals surface area contributed by atoms with Crippen molar-refractivity contribution in [2.45, 2.75) is 23.9 Å². The van der Waals surface area contributed by atoms with Crippen molar-refractivity contribution in [3.63, 3.8) is 0 Å². The molecule has 8 heteroatoms. The van der Waals surface area contributed by atoms with Gasteiger partial charge in [0.25, 0.3) is 0 Å². The first-order chi connectivity index (χ1) is 10.2. The summed E-state index contributed by atoms with van der Waals surface area (Å²) >= 11 is 1.26. The van der Waals surface area contributed by atoms with E-state index < -0.39 is 0 Å². The van der Waals surface area contributed by atoms with E-state index in [-0.39, 0.29) is 11.8 Å². The number of aromatic nitrogens is 3. The second kappa shape index (κ2) is 7.19. The van der Waals surface area contributed by atoms with Crippen LogP contribution in [0.15, 0.2) is 34.3 Å². The summed E-state index contributed by atoms with van der Waals surface area (Å²) in [5.41, 5.74) is 2.43. The van der Waals surface area contributed by atoms with Gasteiger partial charge in [-0.1, -0.05) is 6.07 Å². The molecule has 112 valence electrons. The molecule has 3 N–H and O–H groups in total. The third kappa shape index (κ3) is 4.02. The van der Waals surface area contributed by atoms with Crippen molar-refractivity contribution < 1.29 is 4.39 Å². The van der Waals surface area contributed by atoms with Crippen LogP contribution < -0.4 is 16.2 Å². The summed E-state index contributed by atoms with van der Waals surface area (Å²) < 4.78 is 13.2. The molecule has 21 heavy (non-hydrogen) atoms. The zero-order chi connectivity index (χ0) is 15.2. The Morgan fingerprint density at radius 1 is 1.24 bits per heavy atom. The van der Waals surface area contributed by atoms with Gasteiger partial charge in [0.05, 0.1) is 0 Å². The van der Waals surface area contributed by atoms with Crippen LogP contribution in [0.5, 0.6) is 0 Å². The topological polar surface area (TPSA) is 80.0 Å². The molecule has 0 amide bonds. The SMILES string of the molecule is CCN(CC)c1nc(NN)nc(Sc2cccc(F)c2)n1. The number of hydrogen-bond acceptors (Lipinski definition) is 7. The van der Waals surface area contributed by atoms with Crippen molar-refractivity contribution in [3.05, 3.63) is 30.1 Å². The molecule has 0 bridgehead atoms. The third-order valence-electron chi connectivity index (χ3n) is 2.78. The zero-order valence-corrected chi connectivity index (χ0v) is 12.7. The van der Waals surface area contributed by atoms with Crippen molar-refractivity contribution >= 4 is 23.7 Å². The largest absolute Gasteiger partial charge is 0.341 e. The molecule has 1 aromatic carbocycles. The highest BCUT2D eigenvalue weighted by atomic mass is 32.2. The fourth-order valence-electron chi connectivity index (χ4n) is 1.74. The van der Waals surface area contributed by atoms with E-state index in [9.17, 15) is 4.39 Å². The van der Waals surface area contributed by atoms with Crippen LogP contribution in [-0.2, 0) is 0 Å². The lowest BCUT2D eigenvalue weighted by Crippen LogP contribution is -2.25. The van der Waals surface area contributed by atoms with Crippen LogP contribution >= 0.6 is 11.8 Å². The van der Waals surface area contributed by atoms with Crippen molar-refractivity contribution in [2.24, 2.45) is 5.84 Å². The Labute approximate surface area is 127 Å². The van der Waals surface area contributed by atoms with Gasteiger partial charge in [0.15, 0.2) is 5.16 Å². The van der Waals surface area contributed by atoms with Crippen LogP contribution in [0, 0.1) is 5.82 Å². The minimum atomic E-state index is -0.296. The molecular weight excluding hydrogens is 291 g/mol. The highest BCUT2D eigenvalue weighted by Gasteiger charge is 2.12. The predicted molar refractivity (Wildman–Crippen MR) is 81.7 cm³/mol. The third-order valence-corrected chi connectivity index (χ3v) is 3.64. The smallest absolute Gasteiger partial charge is 0.242 e. The highest BCUT2D eigenvalue weighted by molar-refractivity contribution is 7.99. The molecule has 6 nitrogen and oxygen atoms in total. The van der Waals surface area contributed by atoms with E-state index in [1.54, 1.807) is 12.1 Å². The van der Waals surface area contributed by atoms with E-state index in [1.165, 1.54) is 23.9 Å². The molecule has 0 fully saturated rings. The van der Waals surface area contributed by atoms with E-state index in [0.29, 0.717) is 11.1 Å². The van der Waals surface area contributed by atoms with E-state index in [4.69, 9.17) is 5.84 Å². The molecule has 0 aliphatic rings. The Hall–Kier alpha value is -1.93. The van der Waals surface area contributed by atoms with Crippen LogP contribution in [0.4, 0.5) is 16.3 Å². The number of nitrogens with two attached hydrogens (primary N) is 1. The molecule has 0 aliphatic heterocycles. The lowest BCUT2D eigenvalue weighted by Gasteiger charge is -2.19. The fourth-order valence-corrected chi connectivity index (χ4v) is 2.53. The first-order valence-electron chi connectivity index (χ1n) is 6.57. The maximum Gasteiger partial charge on any atom is 0.242 e. The molecule has 0 saturated heterocycles. The lowest BCUT2D eigenvalue weighted by atomic mass is 10.4. The number of nitrogens with zero attached hydrogens (tertiary/aromatic N) is 4. The summed E-state index contributed by atoms with van der Waals surface area (Å²) in [6.45, 7) is 5.58. The van der Waals surface area contributed by atoms with Gasteiger partial charge >= 0.3 is 0 Å². The van der Waals surface area contributed by atoms with Crippen molar-refractivity contribution in [2.75, 3.05) is 23.4 Å². The molecule has 1 aromatic heterocycles. The van der Waals surface area contributed by atoms with Crippen LogP contribution in [0.2, 0.25) is 0 Å². The zero-order valence-electron chi connectivity index (χ0n) is 11.9. The Bertz CT molecular complexity index is 605. The number of nitrogens with one attached hydrogen (secondary N) is 1. The Morgan fingerprint density at radius 3 is 2.62 bits per heavy atom. The second-order valence-corrected chi connectivity index (χ2v) is 5.16. The summed E-state index contributed by atoms with van der Waals surface area (Å²) in [4.78, 5) is 15.5. The molecule has 0 aliphatic carbocycles. The fraction of sp³-hybridized carbons (Fsp3) is 0.308. The highest BCUT2D eigenvalue weighted by Crippen LogP contribution is 2.26. The van der Waals surface area contributed by atoms with Gasteiger partial charge in [-0.15, -0.1) is 0 Å². The van der Waals surface area contributed by atoms with Gasteiger partial charge in [-0.05, 0) is 43.8 Å². The van der Waals surface area contributed by atoms with E-state index >= 15 is 0 Å². The van der Waals surface area contributed by atoms with E-state index in [1.807, 2.05) is 18.7 Å². The van der Waals surface area contributed by atoms with Crippen LogP contribution in [-0.4, -0.2) is 28.0 Å². The van der Waals surface area contributed by atoms with Gasteiger partial charge in [0, 0.05) is 18.0 Å². The Morgan fingerprint density at radius 2 is 2.00 bits per heavy atom. The van der Waals surface area contributed by atoms with Gasteiger partial charge in [0.1, 0.15) is 5.82 Å². The van der Waals surface area contributed by atoms with Crippen molar-refractivity contribution in [3.8, 4) is 0 Å². The van der Waals surface area contributed by atoms with Crippen molar-refractivity contribution in [1.29, 1.82) is 0 Å². The average Bonchev–Trinajstić information content (AvgIpc) is 2.48. The maximum atomic E-state index is 13.2. The summed E-state index contributed by atoms with van der Waals surface area (Å²) in [6, 6.07) is 6.27. The summed E-state index contributed by atoms with van der Waals surface area (Å²) in [5, 5.41) is 0.463. The molecule has 1 heterocycles. The summed E-state index contributed by atoms with van der Waals surface area (Å²) in [7, 11) is 0. The molecule has 0 spiro atoms. The molecule has 2 rings (SSSR count). The van der Waals surface area contributed by atoms with Gasteiger partial charge in [-0.3, -0.25) is 5.43 Å². The molecular formula is C13H17FN6S. The van der Waals surface area contributed by atoms with Crippen LogP contribution in [0.25, 0.3) is 0 Å². The number of hydrogen-bond donors (Lipinski definition) is 2. The number of anilines is 2. The molecule has 0 unspecified atom stereocenters. The normalized spacial score (nSPS) is 10.5. The maximum absolute atomic E-state index is 13.2. The molecule has 0 radical (unpaired) electrons. The van der Waals surface area contributed by atoms with Gasteiger partial charge in [0.2, 0.25) is 11.9 Å². The molecule has 0 atom stereocenters. The number of halogens is 1. The number of rotatable bonds is 6. The molecule has 2 aromatic rings. The first-order valence-corrected chi connectivity index (χ1v) is 7.39. The Balaban J connectivity index is 2.32. The first kappa shape index (κ1) is 15.5. The van der Waals surface area contributed by atoms with Crippen LogP contribution in [0.1, 0.15) is 13.8 Å². The number of hydrazine groups is 1. The summed E-state index contributed by atoms with van der Waals surface area (Å²) in [6.07, 6.45) is 0.